The Morgan fingerprint density at radius 1 is 1.44 bits per heavy atom. The standard InChI is InChI=1S/C15H19NO2/c1-11(2)16(4)15(18)14-9-5-7-13(12(14)3)8-6-10-17/h5,7,9,11,17H,10H2,1-4H3. The van der Waals surface area contributed by atoms with Crippen molar-refractivity contribution in [2.75, 3.05) is 13.7 Å². The van der Waals surface area contributed by atoms with E-state index in [4.69, 9.17) is 5.11 Å². The maximum absolute atomic E-state index is 12.3. The number of amides is 1. The lowest BCUT2D eigenvalue weighted by Crippen LogP contribution is -2.33. The minimum atomic E-state index is -0.177. The fourth-order valence-electron chi connectivity index (χ4n) is 1.56. The normalized spacial score (nSPS) is 9.89. The second kappa shape index (κ2) is 6.23. The van der Waals surface area contributed by atoms with Crippen molar-refractivity contribution in [1.29, 1.82) is 0 Å². The van der Waals surface area contributed by atoms with Crippen LogP contribution in [0.25, 0.3) is 0 Å². The van der Waals surface area contributed by atoms with Gasteiger partial charge in [0, 0.05) is 24.2 Å². The zero-order valence-electron chi connectivity index (χ0n) is 11.3. The number of nitrogens with zero attached hydrogens (tertiary/aromatic N) is 1. The van der Waals surface area contributed by atoms with Gasteiger partial charge in [-0.15, -0.1) is 0 Å². The number of aliphatic hydroxyl groups is 1. The van der Waals surface area contributed by atoms with Crippen molar-refractivity contribution in [2.24, 2.45) is 0 Å². The van der Waals surface area contributed by atoms with E-state index in [0.717, 1.165) is 11.1 Å². The average Bonchev–Trinajstić information content (AvgIpc) is 2.35. The van der Waals surface area contributed by atoms with Gasteiger partial charge < -0.3 is 10.0 Å². The lowest BCUT2D eigenvalue weighted by Gasteiger charge is -2.22. The van der Waals surface area contributed by atoms with Gasteiger partial charge in [0.25, 0.3) is 5.91 Å². The minimum Gasteiger partial charge on any atom is -0.384 e. The molecule has 1 aromatic rings. The van der Waals surface area contributed by atoms with Crippen molar-refractivity contribution in [1.82, 2.24) is 4.90 Å². The number of carbonyl (C=O) groups is 1. The quantitative estimate of drug-likeness (QED) is 0.807. The summed E-state index contributed by atoms with van der Waals surface area (Å²) in [5.41, 5.74) is 2.30. The minimum absolute atomic E-state index is 0.00449. The molecule has 3 heteroatoms. The highest BCUT2D eigenvalue weighted by Crippen LogP contribution is 2.15. The summed E-state index contributed by atoms with van der Waals surface area (Å²) in [5.74, 6) is 5.45. The molecular formula is C15H19NO2. The van der Waals surface area contributed by atoms with Gasteiger partial charge >= 0.3 is 0 Å². The van der Waals surface area contributed by atoms with Gasteiger partial charge in [-0.2, -0.15) is 0 Å². The van der Waals surface area contributed by atoms with Gasteiger partial charge in [-0.3, -0.25) is 4.79 Å². The average molecular weight is 245 g/mol. The molecule has 1 aromatic carbocycles. The Morgan fingerprint density at radius 2 is 2.11 bits per heavy atom. The molecule has 0 fully saturated rings. The van der Waals surface area contributed by atoms with Crippen LogP contribution >= 0.6 is 0 Å². The Morgan fingerprint density at radius 3 is 2.67 bits per heavy atom. The molecule has 0 aliphatic heterocycles. The maximum Gasteiger partial charge on any atom is 0.254 e. The second-order valence-electron chi connectivity index (χ2n) is 4.45. The van der Waals surface area contributed by atoms with Gasteiger partial charge in [-0.1, -0.05) is 17.9 Å². The number of carbonyl (C=O) groups excluding carboxylic acids is 1. The Hall–Kier alpha value is -1.79. The van der Waals surface area contributed by atoms with E-state index in [1.165, 1.54) is 0 Å². The molecule has 18 heavy (non-hydrogen) atoms. The lowest BCUT2D eigenvalue weighted by molar-refractivity contribution is 0.0754. The monoisotopic (exact) mass is 245 g/mol. The number of hydrogen-bond donors (Lipinski definition) is 1. The number of benzene rings is 1. The van der Waals surface area contributed by atoms with Crippen molar-refractivity contribution in [3.05, 3.63) is 34.9 Å². The molecule has 0 aliphatic carbocycles. The van der Waals surface area contributed by atoms with Crippen LogP contribution in [0.3, 0.4) is 0 Å². The van der Waals surface area contributed by atoms with Crippen molar-refractivity contribution in [3.8, 4) is 11.8 Å². The lowest BCUT2D eigenvalue weighted by atomic mass is 10.0. The first-order chi connectivity index (χ1) is 8.49. The van der Waals surface area contributed by atoms with Crippen LogP contribution in [-0.4, -0.2) is 35.6 Å². The Bertz CT molecular complexity index is 495. The number of rotatable bonds is 2. The summed E-state index contributed by atoms with van der Waals surface area (Å²) in [4.78, 5) is 14.0. The van der Waals surface area contributed by atoms with Crippen LogP contribution in [0.15, 0.2) is 18.2 Å². The molecule has 1 amide bonds. The van der Waals surface area contributed by atoms with E-state index in [-0.39, 0.29) is 18.6 Å². The summed E-state index contributed by atoms with van der Waals surface area (Å²) < 4.78 is 0. The zero-order valence-corrected chi connectivity index (χ0v) is 11.3. The van der Waals surface area contributed by atoms with E-state index in [1.54, 1.807) is 18.0 Å². The summed E-state index contributed by atoms with van der Waals surface area (Å²) in [6.07, 6.45) is 0. The summed E-state index contributed by atoms with van der Waals surface area (Å²) in [6.45, 7) is 5.65. The molecule has 0 aromatic heterocycles. The first-order valence-electron chi connectivity index (χ1n) is 5.95. The molecule has 0 unspecified atom stereocenters. The predicted octanol–water partition coefficient (Wildman–Crippen LogP) is 1.82. The number of hydrogen-bond acceptors (Lipinski definition) is 2. The molecular weight excluding hydrogens is 226 g/mol. The fourth-order valence-corrected chi connectivity index (χ4v) is 1.56. The van der Waals surface area contributed by atoms with E-state index in [2.05, 4.69) is 11.8 Å². The highest BCUT2D eigenvalue weighted by Gasteiger charge is 2.17. The molecule has 0 heterocycles. The molecule has 0 bridgehead atoms. The van der Waals surface area contributed by atoms with Gasteiger partial charge in [0.1, 0.15) is 6.61 Å². The summed E-state index contributed by atoms with van der Waals surface area (Å²) in [5, 5.41) is 8.71. The van der Waals surface area contributed by atoms with Crippen molar-refractivity contribution < 1.29 is 9.90 Å². The Balaban J connectivity index is 3.15. The van der Waals surface area contributed by atoms with Gasteiger partial charge in [0.15, 0.2) is 0 Å². The Labute approximate surface area is 108 Å². The maximum atomic E-state index is 12.3. The van der Waals surface area contributed by atoms with Crippen molar-refractivity contribution in [3.63, 3.8) is 0 Å². The van der Waals surface area contributed by atoms with Crippen LogP contribution in [0, 0.1) is 18.8 Å². The summed E-state index contributed by atoms with van der Waals surface area (Å²) >= 11 is 0. The molecule has 0 aliphatic rings. The molecule has 96 valence electrons. The second-order valence-corrected chi connectivity index (χ2v) is 4.45. The molecule has 0 saturated heterocycles. The van der Waals surface area contributed by atoms with Gasteiger partial charge in [-0.05, 0) is 38.5 Å². The first-order valence-corrected chi connectivity index (χ1v) is 5.95. The summed E-state index contributed by atoms with van der Waals surface area (Å²) in [7, 11) is 1.79. The summed E-state index contributed by atoms with van der Waals surface area (Å²) in [6, 6.07) is 5.63. The molecule has 0 spiro atoms. The van der Waals surface area contributed by atoms with Crippen LogP contribution in [0.5, 0.6) is 0 Å². The largest absolute Gasteiger partial charge is 0.384 e. The molecule has 1 rings (SSSR count). The first kappa shape index (κ1) is 14.3. The van der Waals surface area contributed by atoms with Gasteiger partial charge in [-0.25, -0.2) is 0 Å². The van der Waals surface area contributed by atoms with Gasteiger partial charge in [0.05, 0.1) is 0 Å². The van der Waals surface area contributed by atoms with Crippen molar-refractivity contribution in [2.45, 2.75) is 26.8 Å². The van der Waals surface area contributed by atoms with Crippen LogP contribution in [0.1, 0.15) is 35.3 Å². The zero-order chi connectivity index (χ0) is 13.7. The van der Waals surface area contributed by atoms with Crippen LogP contribution in [0.2, 0.25) is 0 Å². The van der Waals surface area contributed by atoms with E-state index in [0.29, 0.717) is 5.56 Å². The predicted molar refractivity (Wildman–Crippen MR) is 72.4 cm³/mol. The third-order valence-electron chi connectivity index (χ3n) is 2.96. The Kier molecular flexibility index (Phi) is 4.94. The highest BCUT2D eigenvalue weighted by atomic mass is 16.2. The topological polar surface area (TPSA) is 40.5 Å². The highest BCUT2D eigenvalue weighted by molar-refractivity contribution is 5.96. The smallest absolute Gasteiger partial charge is 0.254 e. The fraction of sp³-hybridized carbons (Fsp3) is 0.400. The third-order valence-corrected chi connectivity index (χ3v) is 2.96. The van der Waals surface area contributed by atoms with Crippen LogP contribution in [-0.2, 0) is 0 Å². The van der Waals surface area contributed by atoms with Gasteiger partial charge in [0.2, 0.25) is 0 Å². The van der Waals surface area contributed by atoms with Crippen LogP contribution < -0.4 is 0 Å². The molecule has 0 saturated carbocycles. The van der Waals surface area contributed by atoms with E-state index in [9.17, 15) is 4.79 Å². The molecule has 0 radical (unpaired) electrons. The third kappa shape index (κ3) is 3.12. The van der Waals surface area contributed by atoms with E-state index < -0.39 is 0 Å². The number of aliphatic hydroxyl groups excluding tert-OH is 1. The molecule has 1 N–H and O–H groups in total. The molecule has 0 atom stereocenters. The van der Waals surface area contributed by atoms with Crippen molar-refractivity contribution >= 4 is 5.91 Å². The van der Waals surface area contributed by atoms with E-state index >= 15 is 0 Å². The molecule has 3 nitrogen and oxygen atoms in total. The van der Waals surface area contributed by atoms with Crippen LogP contribution in [0.4, 0.5) is 0 Å². The SMILES string of the molecule is Cc1c(C#CCO)cccc1C(=O)N(C)C(C)C. The van der Waals surface area contributed by atoms with E-state index in [1.807, 2.05) is 32.9 Å².